The second kappa shape index (κ2) is 6.07. The number of rotatable bonds is 5. The van der Waals surface area contributed by atoms with Crippen molar-refractivity contribution in [3.63, 3.8) is 0 Å². The Morgan fingerprint density at radius 2 is 1.50 bits per heavy atom. The van der Waals surface area contributed by atoms with Gasteiger partial charge in [-0.05, 0) is 35.4 Å². The largest absolute Gasteiger partial charge is 0.480 e. The SMILES string of the molecule is CS(=O)(=O)N(CC(=O)O)c1ccc(-c2ccc(N)cc2)cc1. The molecule has 2 aromatic carbocycles. The smallest absolute Gasteiger partial charge is 0.324 e. The lowest BCUT2D eigenvalue weighted by Gasteiger charge is -2.20. The molecular weight excluding hydrogens is 304 g/mol. The summed E-state index contributed by atoms with van der Waals surface area (Å²) in [7, 11) is -3.66. The summed E-state index contributed by atoms with van der Waals surface area (Å²) in [6.45, 7) is -0.611. The topological polar surface area (TPSA) is 101 Å². The number of anilines is 2. The molecule has 0 aliphatic heterocycles. The fourth-order valence-corrected chi connectivity index (χ4v) is 2.87. The van der Waals surface area contributed by atoms with Crippen LogP contribution in [0.15, 0.2) is 48.5 Å². The third kappa shape index (κ3) is 3.76. The summed E-state index contributed by atoms with van der Waals surface area (Å²) in [6, 6.07) is 13.9. The zero-order valence-corrected chi connectivity index (χ0v) is 12.7. The van der Waals surface area contributed by atoms with Crippen molar-refractivity contribution in [2.75, 3.05) is 22.8 Å². The maximum Gasteiger partial charge on any atom is 0.324 e. The molecule has 0 saturated carbocycles. The predicted molar refractivity (Wildman–Crippen MR) is 86.1 cm³/mol. The van der Waals surface area contributed by atoms with Gasteiger partial charge in [0.1, 0.15) is 6.54 Å². The average molecular weight is 320 g/mol. The maximum atomic E-state index is 11.7. The quantitative estimate of drug-likeness (QED) is 0.818. The van der Waals surface area contributed by atoms with Gasteiger partial charge in [0, 0.05) is 5.69 Å². The lowest BCUT2D eigenvalue weighted by molar-refractivity contribution is -0.135. The van der Waals surface area contributed by atoms with E-state index in [1.165, 1.54) is 0 Å². The number of carboxylic acid groups (broad SMARTS) is 1. The Labute approximate surface area is 128 Å². The Morgan fingerprint density at radius 1 is 1.05 bits per heavy atom. The minimum absolute atomic E-state index is 0.309. The van der Waals surface area contributed by atoms with Crippen LogP contribution in [0.4, 0.5) is 11.4 Å². The predicted octanol–water partition coefficient (Wildman–Crippen LogP) is 1.79. The first kappa shape index (κ1) is 15.8. The number of nitrogens with zero attached hydrogens (tertiary/aromatic N) is 1. The van der Waals surface area contributed by atoms with Crippen LogP contribution >= 0.6 is 0 Å². The molecule has 6 nitrogen and oxygen atoms in total. The van der Waals surface area contributed by atoms with Crippen molar-refractivity contribution in [3.05, 3.63) is 48.5 Å². The second-order valence-corrected chi connectivity index (χ2v) is 6.74. The van der Waals surface area contributed by atoms with Gasteiger partial charge in [-0.2, -0.15) is 0 Å². The molecule has 0 heterocycles. The van der Waals surface area contributed by atoms with Crippen molar-refractivity contribution in [2.24, 2.45) is 0 Å². The summed E-state index contributed by atoms with van der Waals surface area (Å²) in [5.41, 5.74) is 8.42. The van der Waals surface area contributed by atoms with Gasteiger partial charge >= 0.3 is 5.97 Å². The van der Waals surface area contributed by atoms with Gasteiger partial charge in [-0.25, -0.2) is 8.42 Å². The van der Waals surface area contributed by atoms with Gasteiger partial charge < -0.3 is 10.8 Å². The first-order chi connectivity index (χ1) is 10.3. The standard InChI is InChI=1S/C15H16N2O4S/c1-22(20,21)17(10-15(18)19)14-8-4-12(5-9-14)11-2-6-13(16)7-3-11/h2-9H,10,16H2,1H3,(H,18,19). The Morgan fingerprint density at radius 3 is 1.91 bits per heavy atom. The minimum atomic E-state index is -3.66. The molecule has 7 heteroatoms. The molecule has 0 aliphatic carbocycles. The van der Waals surface area contributed by atoms with Gasteiger partial charge in [0.15, 0.2) is 0 Å². The van der Waals surface area contributed by atoms with Gasteiger partial charge in [-0.15, -0.1) is 0 Å². The number of hydrogen-bond acceptors (Lipinski definition) is 4. The lowest BCUT2D eigenvalue weighted by Crippen LogP contribution is -2.34. The van der Waals surface area contributed by atoms with Crippen LogP contribution in [0.5, 0.6) is 0 Å². The molecule has 2 rings (SSSR count). The molecule has 22 heavy (non-hydrogen) atoms. The van der Waals surface area contributed by atoms with Gasteiger partial charge in [-0.1, -0.05) is 24.3 Å². The monoisotopic (exact) mass is 320 g/mol. The van der Waals surface area contributed by atoms with E-state index in [9.17, 15) is 13.2 Å². The van der Waals surface area contributed by atoms with Crippen molar-refractivity contribution >= 4 is 27.4 Å². The Bertz CT molecular complexity index is 768. The Hall–Kier alpha value is -2.54. The zero-order chi connectivity index (χ0) is 16.3. The molecule has 0 amide bonds. The van der Waals surface area contributed by atoms with Gasteiger partial charge in [0.2, 0.25) is 10.0 Å². The number of carboxylic acids is 1. The minimum Gasteiger partial charge on any atom is -0.480 e. The molecule has 116 valence electrons. The highest BCUT2D eigenvalue weighted by molar-refractivity contribution is 7.92. The van der Waals surface area contributed by atoms with Crippen LogP contribution in [0.3, 0.4) is 0 Å². The Kier molecular flexibility index (Phi) is 4.37. The molecule has 2 aromatic rings. The molecule has 0 aliphatic rings. The van der Waals surface area contributed by atoms with Crippen molar-refractivity contribution in [2.45, 2.75) is 0 Å². The third-order valence-electron chi connectivity index (χ3n) is 3.08. The molecule has 3 N–H and O–H groups in total. The van der Waals surface area contributed by atoms with Crippen LogP contribution in [0.2, 0.25) is 0 Å². The molecule has 0 aromatic heterocycles. The summed E-state index contributed by atoms with van der Waals surface area (Å²) in [5, 5.41) is 8.85. The van der Waals surface area contributed by atoms with Crippen molar-refractivity contribution < 1.29 is 18.3 Å². The van der Waals surface area contributed by atoms with Crippen LogP contribution in [0, 0.1) is 0 Å². The van der Waals surface area contributed by atoms with E-state index in [1.807, 2.05) is 12.1 Å². The summed E-state index contributed by atoms with van der Waals surface area (Å²) < 4.78 is 24.3. The van der Waals surface area contributed by atoms with Crippen LogP contribution in [0.1, 0.15) is 0 Å². The summed E-state index contributed by atoms with van der Waals surface area (Å²) in [6.07, 6.45) is 0.976. The van der Waals surface area contributed by atoms with E-state index >= 15 is 0 Å². The summed E-state index contributed by atoms with van der Waals surface area (Å²) in [4.78, 5) is 10.8. The van der Waals surface area contributed by atoms with E-state index in [-0.39, 0.29) is 0 Å². The normalized spacial score (nSPS) is 11.1. The number of nitrogens with two attached hydrogens (primary N) is 1. The summed E-state index contributed by atoms with van der Waals surface area (Å²) >= 11 is 0. The lowest BCUT2D eigenvalue weighted by atomic mass is 10.1. The average Bonchev–Trinajstić information content (AvgIpc) is 2.45. The zero-order valence-electron chi connectivity index (χ0n) is 11.9. The molecule has 0 atom stereocenters. The molecular formula is C15H16N2O4S. The molecule has 0 unspecified atom stereocenters. The highest BCUT2D eigenvalue weighted by Crippen LogP contribution is 2.25. The number of sulfonamides is 1. The van der Waals surface area contributed by atoms with E-state index in [4.69, 9.17) is 10.8 Å². The highest BCUT2D eigenvalue weighted by Gasteiger charge is 2.20. The molecule has 0 saturated heterocycles. The number of hydrogen-bond donors (Lipinski definition) is 2. The van der Waals surface area contributed by atoms with E-state index in [0.717, 1.165) is 21.7 Å². The number of benzene rings is 2. The van der Waals surface area contributed by atoms with Crippen molar-refractivity contribution in [1.29, 1.82) is 0 Å². The van der Waals surface area contributed by atoms with Gasteiger partial charge in [-0.3, -0.25) is 9.10 Å². The molecule has 0 bridgehead atoms. The first-order valence-corrected chi connectivity index (χ1v) is 8.27. The van der Waals surface area contributed by atoms with Crippen LogP contribution in [0.25, 0.3) is 11.1 Å². The van der Waals surface area contributed by atoms with Crippen LogP contribution < -0.4 is 10.0 Å². The fraction of sp³-hybridized carbons (Fsp3) is 0.133. The van der Waals surface area contributed by atoms with E-state index in [0.29, 0.717) is 11.4 Å². The van der Waals surface area contributed by atoms with E-state index < -0.39 is 22.5 Å². The van der Waals surface area contributed by atoms with Gasteiger partial charge in [0.25, 0.3) is 0 Å². The van der Waals surface area contributed by atoms with E-state index in [1.54, 1.807) is 36.4 Å². The maximum absolute atomic E-state index is 11.7. The van der Waals surface area contributed by atoms with Crippen LogP contribution in [-0.2, 0) is 14.8 Å². The highest BCUT2D eigenvalue weighted by atomic mass is 32.2. The number of nitrogen functional groups attached to an aromatic ring is 1. The third-order valence-corrected chi connectivity index (χ3v) is 4.22. The number of carbonyl (C=O) groups is 1. The molecule has 0 spiro atoms. The van der Waals surface area contributed by atoms with Crippen LogP contribution in [-0.4, -0.2) is 32.3 Å². The molecule has 0 fully saturated rings. The van der Waals surface area contributed by atoms with Crippen molar-refractivity contribution in [1.82, 2.24) is 0 Å². The summed E-state index contributed by atoms with van der Waals surface area (Å²) in [5.74, 6) is -1.21. The van der Waals surface area contributed by atoms with Crippen molar-refractivity contribution in [3.8, 4) is 11.1 Å². The first-order valence-electron chi connectivity index (χ1n) is 6.43. The number of aliphatic carboxylic acids is 1. The molecule has 0 radical (unpaired) electrons. The van der Waals surface area contributed by atoms with E-state index in [2.05, 4.69) is 0 Å². The second-order valence-electron chi connectivity index (χ2n) is 4.83. The Balaban J connectivity index is 2.34. The fourth-order valence-electron chi connectivity index (χ4n) is 2.02. The van der Waals surface area contributed by atoms with Gasteiger partial charge in [0.05, 0.1) is 11.9 Å².